The first-order valence-corrected chi connectivity index (χ1v) is 10.7. The summed E-state index contributed by atoms with van der Waals surface area (Å²) in [6, 6.07) is 4.67. The molecule has 2 N–H and O–H groups in total. The number of sulfonamides is 1. The predicted octanol–water partition coefficient (Wildman–Crippen LogP) is 2.34. The molecule has 8 heteroatoms. The molecule has 0 saturated carbocycles. The molecule has 7 nitrogen and oxygen atoms in total. The number of hydrogen-bond acceptors (Lipinski definition) is 4. The highest BCUT2D eigenvalue weighted by atomic mass is 32.2. The van der Waals surface area contributed by atoms with E-state index in [0.29, 0.717) is 25.4 Å². The summed E-state index contributed by atoms with van der Waals surface area (Å²) >= 11 is 0. The van der Waals surface area contributed by atoms with E-state index in [2.05, 4.69) is 5.32 Å². The van der Waals surface area contributed by atoms with Gasteiger partial charge in [-0.3, -0.25) is 4.79 Å². The van der Waals surface area contributed by atoms with Gasteiger partial charge in [-0.05, 0) is 48.9 Å². The largest absolute Gasteiger partial charge is 0.480 e. The molecule has 1 aliphatic heterocycles. The molecule has 150 valence electrons. The van der Waals surface area contributed by atoms with Crippen LogP contribution in [0.4, 0.5) is 0 Å². The van der Waals surface area contributed by atoms with Crippen LogP contribution in [0.2, 0.25) is 0 Å². The smallest absolute Gasteiger partial charge is 0.326 e. The summed E-state index contributed by atoms with van der Waals surface area (Å²) in [7, 11) is -3.58. The van der Waals surface area contributed by atoms with Crippen LogP contribution in [0.1, 0.15) is 50.4 Å². The van der Waals surface area contributed by atoms with E-state index >= 15 is 0 Å². The lowest BCUT2D eigenvalue weighted by atomic mass is 9.99. The van der Waals surface area contributed by atoms with Gasteiger partial charge >= 0.3 is 5.97 Å². The van der Waals surface area contributed by atoms with Gasteiger partial charge in [-0.2, -0.15) is 4.31 Å². The minimum Gasteiger partial charge on any atom is -0.480 e. The number of nitrogens with one attached hydrogen (secondary N) is 1. The average molecular weight is 397 g/mol. The topological polar surface area (TPSA) is 104 Å². The number of piperidine rings is 1. The third-order valence-electron chi connectivity index (χ3n) is 5.14. The van der Waals surface area contributed by atoms with Crippen molar-refractivity contribution >= 4 is 21.9 Å². The van der Waals surface area contributed by atoms with Gasteiger partial charge in [0.15, 0.2) is 0 Å². The Bertz CT molecular complexity index is 776. The molecule has 1 fully saturated rings. The number of benzene rings is 1. The molecule has 1 saturated heterocycles. The number of nitrogens with zero attached hydrogens (tertiary/aromatic N) is 1. The van der Waals surface area contributed by atoms with Crippen LogP contribution in [-0.2, 0) is 14.8 Å². The SMILES string of the molecule is CCC(C)C(NC(=O)c1ccc(S(=O)(=O)N2CCCC(C)C2)cc1)C(=O)O. The maximum Gasteiger partial charge on any atom is 0.326 e. The van der Waals surface area contributed by atoms with Crippen molar-refractivity contribution in [2.45, 2.75) is 51.0 Å². The third-order valence-corrected chi connectivity index (χ3v) is 7.02. The Morgan fingerprint density at radius 1 is 1.30 bits per heavy atom. The van der Waals surface area contributed by atoms with Crippen LogP contribution >= 0.6 is 0 Å². The minimum atomic E-state index is -3.58. The summed E-state index contributed by atoms with van der Waals surface area (Å²) in [4.78, 5) is 23.8. The fourth-order valence-corrected chi connectivity index (χ4v) is 4.80. The Balaban J connectivity index is 2.14. The van der Waals surface area contributed by atoms with E-state index in [0.717, 1.165) is 12.8 Å². The Hall–Kier alpha value is -1.93. The molecule has 0 spiro atoms. The second-order valence-electron chi connectivity index (χ2n) is 7.31. The van der Waals surface area contributed by atoms with Crippen molar-refractivity contribution in [2.75, 3.05) is 13.1 Å². The predicted molar refractivity (Wildman–Crippen MR) is 102 cm³/mol. The second kappa shape index (κ2) is 8.84. The zero-order valence-electron chi connectivity index (χ0n) is 16.0. The first-order chi connectivity index (χ1) is 12.7. The van der Waals surface area contributed by atoms with E-state index in [1.807, 2.05) is 13.8 Å². The molecule has 1 amide bonds. The van der Waals surface area contributed by atoms with Crippen LogP contribution in [-0.4, -0.2) is 48.8 Å². The van der Waals surface area contributed by atoms with Gasteiger partial charge in [-0.15, -0.1) is 0 Å². The first-order valence-electron chi connectivity index (χ1n) is 9.30. The number of carboxylic acid groups (broad SMARTS) is 1. The number of hydrogen-bond donors (Lipinski definition) is 2. The Morgan fingerprint density at radius 3 is 2.44 bits per heavy atom. The summed E-state index contributed by atoms with van der Waals surface area (Å²) in [5, 5.41) is 11.8. The van der Waals surface area contributed by atoms with Crippen LogP contribution in [0.3, 0.4) is 0 Å². The second-order valence-corrected chi connectivity index (χ2v) is 9.25. The summed E-state index contributed by atoms with van der Waals surface area (Å²) < 4.78 is 27.0. The summed E-state index contributed by atoms with van der Waals surface area (Å²) in [5.74, 6) is -1.51. The highest BCUT2D eigenvalue weighted by molar-refractivity contribution is 7.89. The summed E-state index contributed by atoms with van der Waals surface area (Å²) in [5.41, 5.74) is 0.232. The molecule has 0 aliphatic carbocycles. The molecule has 3 unspecified atom stereocenters. The molecule has 27 heavy (non-hydrogen) atoms. The van der Waals surface area contributed by atoms with Crippen molar-refractivity contribution < 1.29 is 23.1 Å². The highest BCUT2D eigenvalue weighted by Crippen LogP contribution is 2.23. The number of aliphatic carboxylic acids is 1. The zero-order chi connectivity index (χ0) is 20.2. The number of carbonyl (C=O) groups excluding carboxylic acids is 1. The van der Waals surface area contributed by atoms with Crippen LogP contribution < -0.4 is 5.32 Å². The molecule has 2 rings (SSSR count). The fourth-order valence-electron chi connectivity index (χ4n) is 3.20. The Labute approximate surface area is 160 Å². The Kier molecular flexibility index (Phi) is 7.00. The van der Waals surface area contributed by atoms with Crippen molar-refractivity contribution in [2.24, 2.45) is 11.8 Å². The first kappa shape index (κ1) is 21.4. The lowest BCUT2D eigenvalue weighted by Crippen LogP contribution is -2.45. The fraction of sp³-hybridized carbons (Fsp3) is 0.579. The maximum atomic E-state index is 12.8. The number of carbonyl (C=O) groups is 2. The van der Waals surface area contributed by atoms with Crippen LogP contribution in [0, 0.1) is 11.8 Å². The monoisotopic (exact) mass is 396 g/mol. The maximum absolute atomic E-state index is 12.8. The van der Waals surface area contributed by atoms with Crippen LogP contribution in [0.5, 0.6) is 0 Å². The molecule has 1 aromatic rings. The quantitative estimate of drug-likeness (QED) is 0.736. The van der Waals surface area contributed by atoms with E-state index in [4.69, 9.17) is 0 Å². The number of rotatable bonds is 7. The van der Waals surface area contributed by atoms with Crippen LogP contribution in [0.15, 0.2) is 29.2 Å². The van der Waals surface area contributed by atoms with Crippen molar-refractivity contribution in [1.82, 2.24) is 9.62 Å². The van der Waals surface area contributed by atoms with Gasteiger partial charge in [0.1, 0.15) is 6.04 Å². The normalized spacial score (nSPS) is 20.6. The van der Waals surface area contributed by atoms with E-state index in [1.54, 1.807) is 6.92 Å². The van der Waals surface area contributed by atoms with Crippen molar-refractivity contribution in [3.8, 4) is 0 Å². The lowest BCUT2D eigenvalue weighted by molar-refractivity contribution is -0.140. The number of carboxylic acids is 1. The molecule has 3 atom stereocenters. The molecule has 0 radical (unpaired) electrons. The van der Waals surface area contributed by atoms with Gasteiger partial charge in [0, 0.05) is 18.7 Å². The van der Waals surface area contributed by atoms with Crippen molar-refractivity contribution in [1.29, 1.82) is 0 Å². The van der Waals surface area contributed by atoms with E-state index in [1.165, 1.54) is 28.6 Å². The van der Waals surface area contributed by atoms with E-state index in [9.17, 15) is 23.1 Å². The molecule has 1 aliphatic rings. The van der Waals surface area contributed by atoms with Crippen molar-refractivity contribution in [3.05, 3.63) is 29.8 Å². The summed E-state index contributed by atoms with van der Waals surface area (Å²) in [6.07, 6.45) is 2.47. The molecular formula is C19H28N2O5S. The minimum absolute atomic E-state index is 0.143. The van der Waals surface area contributed by atoms with Gasteiger partial charge in [0.05, 0.1) is 4.90 Å². The lowest BCUT2D eigenvalue weighted by Gasteiger charge is -2.30. The molecule has 0 aromatic heterocycles. The van der Waals surface area contributed by atoms with Gasteiger partial charge < -0.3 is 10.4 Å². The zero-order valence-corrected chi connectivity index (χ0v) is 16.8. The molecule has 0 bridgehead atoms. The third kappa shape index (κ3) is 5.07. The standard InChI is InChI=1S/C19H28N2O5S/c1-4-14(3)17(19(23)24)20-18(22)15-7-9-16(10-8-15)27(25,26)21-11-5-6-13(2)12-21/h7-10,13-14,17H,4-6,11-12H2,1-3H3,(H,20,22)(H,23,24). The van der Waals surface area contributed by atoms with Crippen molar-refractivity contribution in [3.63, 3.8) is 0 Å². The summed E-state index contributed by atoms with van der Waals surface area (Å²) in [6.45, 7) is 6.65. The van der Waals surface area contributed by atoms with Gasteiger partial charge in [0.25, 0.3) is 5.91 Å². The van der Waals surface area contributed by atoms with Gasteiger partial charge in [0.2, 0.25) is 10.0 Å². The Morgan fingerprint density at radius 2 is 1.93 bits per heavy atom. The molecular weight excluding hydrogens is 368 g/mol. The van der Waals surface area contributed by atoms with Gasteiger partial charge in [-0.1, -0.05) is 27.2 Å². The average Bonchev–Trinajstić information content (AvgIpc) is 2.65. The van der Waals surface area contributed by atoms with E-state index in [-0.39, 0.29) is 16.4 Å². The van der Waals surface area contributed by atoms with E-state index < -0.39 is 27.9 Å². The highest BCUT2D eigenvalue weighted by Gasteiger charge is 2.29. The van der Waals surface area contributed by atoms with Crippen LogP contribution in [0.25, 0.3) is 0 Å². The molecule has 1 heterocycles. The number of amides is 1. The van der Waals surface area contributed by atoms with Gasteiger partial charge in [-0.25, -0.2) is 13.2 Å². The molecule has 1 aromatic carbocycles.